The summed E-state index contributed by atoms with van der Waals surface area (Å²) in [5.41, 5.74) is 6.93. The molecule has 4 saturated heterocycles. The Balaban J connectivity index is 0.000000471. The largest absolute Gasteiger partial charge is 1.00 e. The topological polar surface area (TPSA) is 0 Å². The summed E-state index contributed by atoms with van der Waals surface area (Å²) in [5, 5.41) is 7.40. The van der Waals surface area contributed by atoms with Crippen molar-refractivity contribution in [1.82, 2.24) is 0 Å². The predicted molar refractivity (Wildman–Crippen MR) is 320 cm³/mol. The van der Waals surface area contributed by atoms with E-state index >= 15 is 0 Å². The van der Waals surface area contributed by atoms with E-state index < -0.39 is 32.3 Å². The molecule has 0 unspecified atom stereocenters. The van der Waals surface area contributed by atoms with Crippen LogP contribution in [-0.4, -0.2) is 32.3 Å². The third kappa shape index (κ3) is 20.8. The molecule has 0 bridgehead atoms. The zero-order valence-electron chi connectivity index (χ0n) is 48.7. The van der Waals surface area contributed by atoms with E-state index in [9.17, 15) is 0 Å². The molecule has 0 saturated carbocycles. The summed E-state index contributed by atoms with van der Waals surface area (Å²) in [6.45, 7) is 18.6. The smallest absolute Gasteiger partial charge is 0.0862 e. The molecule has 0 radical (unpaired) electrons. The summed E-state index contributed by atoms with van der Waals surface area (Å²) in [5.74, 6) is 0. The number of rotatable bonds is 28. The van der Waals surface area contributed by atoms with E-state index in [1.165, 1.54) is 180 Å². The summed E-state index contributed by atoms with van der Waals surface area (Å²) < 4.78 is 0. The molecular formula is C64H112Cl2Si4Ti2-2. The van der Waals surface area contributed by atoms with Crippen LogP contribution in [0.5, 0.6) is 0 Å². The molecule has 0 amide bonds. The summed E-state index contributed by atoms with van der Waals surface area (Å²) >= 11 is 0. The van der Waals surface area contributed by atoms with Crippen molar-refractivity contribution >= 4 is 32.3 Å². The van der Waals surface area contributed by atoms with E-state index in [4.69, 9.17) is 0 Å². The minimum Gasteiger partial charge on any atom is -1.00 e. The second-order valence-corrected chi connectivity index (χ2v) is 42.6. The molecule has 8 aliphatic rings. The van der Waals surface area contributed by atoms with Gasteiger partial charge in [0.05, 0.1) is 32.3 Å². The Bertz CT molecular complexity index is 1510. The SMILES string of the molecule is CCCCC1=CC([Si]2(CCCC)CCC2)=CC1.CCCCC1=CC([Si]2(CCCC)CCC2)=CC1.CCCCC1=CC([Si]2(CCCC)CCC2)=CC1.CCCCC1=CC([Si]2(CCCC)CCC2)=CC1.[Cl-].[Cl-].[Ti].[Ti]. The molecule has 0 atom stereocenters. The van der Waals surface area contributed by atoms with Gasteiger partial charge in [0.1, 0.15) is 0 Å². The molecule has 0 spiro atoms. The van der Waals surface area contributed by atoms with Crippen LogP contribution in [0.15, 0.2) is 91.7 Å². The maximum Gasteiger partial charge on any atom is 0.0862 e. The first-order chi connectivity index (χ1) is 33.2. The zero-order chi connectivity index (χ0) is 48.6. The molecule has 0 aromatic heterocycles. The quantitative estimate of drug-likeness (QED) is 0.0685. The summed E-state index contributed by atoms with van der Waals surface area (Å²) in [6, 6.07) is 19.1. The maximum atomic E-state index is 2.62. The minimum atomic E-state index is -0.927. The molecule has 4 aliphatic heterocycles. The standard InChI is InChI=1S/4C16H28Si.2ClH.2Ti/c4*1-3-5-8-15-9-10-16(14-15)17(11-6-4-2)12-7-13-17;;;;/h4*10,14H,3-9,11-13H2,1-2H3;2*1H;;/p-2. The van der Waals surface area contributed by atoms with Gasteiger partial charge >= 0.3 is 0 Å². The third-order valence-corrected chi connectivity index (χ3v) is 40.9. The van der Waals surface area contributed by atoms with E-state index in [0.717, 1.165) is 0 Å². The Morgan fingerprint density at radius 1 is 0.292 bits per heavy atom. The fourth-order valence-electron chi connectivity index (χ4n) is 13.3. The first-order valence-corrected chi connectivity index (χ1v) is 41.3. The van der Waals surface area contributed by atoms with Crippen molar-refractivity contribution in [1.29, 1.82) is 0 Å². The van der Waals surface area contributed by atoms with Gasteiger partial charge in [0.15, 0.2) is 0 Å². The Morgan fingerprint density at radius 3 is 0.611 bits per heavy atom. The Morgan fingerprint density at radius 2 is 0.472 bits per heavy atom. The summed E-state index contributed by atoms with van der Waals surface area (Å²) in [6.07, 6.45) is 59.9. The molecule has 72 heavy (non-hydrogen) atoms. The average molecular weight is 1160 g/mol. The molecule has 0 N–H and O–H groups in total. The van der Waals surface area contributed by atoms with Crippen molar-refractivity contribution in [2.45, 2.75) is 308 Å². The molecule has 0 aromatic rings. The molecule has 8 heteroatoms. The third-order valence-electron chi connectivity index (χ3n) is 18.9. The van der Waals surface area contributed by atoms with Gasteiger partial charge in [-0.3, -0.25) is 0 Å². The summed E-state index contributed by atoms with van der Waals surface area (Å²) in [7, 11) is -3.71. The number of halogens is 2. The van der Waals surface area contributed by atoms with Crippen LogP contribution in [-0.2, 0) is 43.4 Å². The first-order valence-electron chi connectivity index (χ1n) is 30.8. The Labute approximate surface area is 495 Å². The van der Waals surface area contributed by atoms with Crippen molar-refractivity contribution in [3.63, 3.8) is 0 Å². The normalized spacial score (nSPS) is 20.8. The van der Waals surface area contributed by atoms with Crippen LogP contribution in [0.25, 0.3) is 0 Å². The van der Waals surface area contributed by atoms with E-state index in [1.807, 2.05) is 20.8 Å². The second-order valence-electron chi connectivity index (χ2n) is 24.0. The molecule has 0 nitrogen and oxygen atoms in total. The Hall–Kier alpha value is 0.796. The van der Waals surface area contributed by atoms with Gasteiger partial charge in [-0.25, -0.2) is 0 Å². The van der Waals surface area contributed by atoms with E-state index in [-0.39, 0.29) is 68.2 Å². The van der Waals surface area contributed by atoms with Crippen molar-refractivity contribution in [3.05, 3.63) is 91.7 Å². The van der Waals surface area contributed by atoms with Crippen LogP contribution in [0.1, 0.15) is 235 Å². The van der Waals surface area contributed by atoms with Gasteiger partial charge in [0.2, 0.25) is 0 Å². The predicted octanol–water partition coefficient (Wildman–Crippen LogP) is 16.5. The van der Waals surface area contributed by atoms with Crippen molar-refractivity contribution in [2.75, 3.05) is 0 Å². The van der Waals surface area contributed by atoms with Gasteiger partial charge in [-0.2, -0.15) is 0 Å². The molecule has 4 fully saturated rings. The zero-order valence-corrected chi connectivity index (χ0v) is 57.3. The fourth-order valence-corrected chi connectivity index (χ4v) is 31.9. The van der Waals surface area contributed by atoms with Crippen LogP contribution >= 0.6 is 0 Å². The van der Waals surface area contributed by atoms with Gasteiger partial charge in [-0.1, -0.05) is 322 Å². The number of allylic oxidation sites excluding steroid dienone is 16. The summed E-state index contributed by atoms with van der Waals surface area (Å²) in [4.78, 5) is 0. The number of unbranched alkanes of at least 4 members (excludes halogenated alkanes) is 8. The fraction of sp³-hybridized carbons (Fsp3) is 0.750. The Kier molecular flexibility index (Phi) is 37.8. The second kappa shape index (κ2) is 38.4. The van der Waals surface area contributed by atoms with Crippen molar-refractivity contribution in [2.24, 2.45) is 0 Å². The molecular weight excluding hydrogens is 1050 g/mol. The van der Waals surface area contributed by atoms with Crippen LogP contribution in [0, 0.1) is 0 Å². The van der Waals surface area contributed by atoms with Gasteiger partial charge in [-0.15, -0.1) is 0 Å². The average Bonchev–Trinajstić information content (AvgIpc) is 4.15. The molecule has 4 aliphatic carbocycles. The number of hydrogen-bond donors (Lipinski definition) is 0. The number of hydrogen-bond acceptors (Lipinski definition) is 0. The van der Waals surface area contributed by atoms with Gasteiger partial charge in [-0.05, 0) is 77.0 Å². The van der Waals surface area contributed by atoms with Crippen molar-refractivity contribution < 1.29 is 68.2 Å². The molecule has 8 rings (SSSR count). The van der Waals surface area contributed by atoms with E-state index in [2.05, 4.69) is 104 Å². The van der Waals surface area contributed by atoms with Gasteiger partial charge in [0, 0.05) is 43.4 Å². The van der Waals surface area contributed by atoms with Gasteiger partial charge in [0.25, 0.3) is 0 Å². The van der Waals surface area contributed by atoms with Crippen LogP contribution in [0.3, 0.4) is 0 Å². The van der Waals surface area contributed by atoms with E-state index in [0.29, 0.717) is 0 Å². The minimum absolute atomic E-state index is 0. The van der Waals surface area contributed by atoms with Crippen LogP contribution in [0.4, 0.5) is 0 Å². The van der Waals surface area contributed by atoms with Gasteiger partial charge < -0.3 is 24.8 Å². The molecule has 0 aromatic carbocycles. The maximum absolute atomic E-state index is 2.62. The molecule has 408 valence electrons. The van der Waals surface area contributed by atoms with Crippen molar-refractivity contribution in [3.8, 4) is 0 Å². The van der Waals surface area contributed by atoms with E-state index in [1.54, 1.807) is 94.8 Å². The van der Waals surface area contributed by atoms with Crippen LogP contribution in [0.2, 0.25) is 72.5 Å². The van der Waals surface area contributed by atoms with Crippen LogP contribution < -0.4 is 24.8 Å². The first kappa shape index (κ1) is 70.8. The monoisotopic (exact) mass is 1160 g/mol. The molecule has 4 heterocycles.